The molecule has 4 aromatic rings. The number of carboxylic acid groups (broad SMARTS) is 1. The number of hydrogen-bond acceptors (Lipinski definition) is 5. The molecular formula is C29H33N5O6. The summed E-state index contributed by atoms with van der Waals surface area (Å²) in [5, 5.41) is 15.8. The second-order valence-electron chi connectivity index (χ2n) is 10.5. The van der Waals surface area contributed by atoms with Gasteiger partial charge in [0.05, 0.1) is 10.9 Å². The topological polar surface area (TPSA) is 166 Å². The number of carboxylic acids is 1. The van der Waals surface area contributed by atoms with E-state index in [9.17, 15) is 29.1 Å². The van der Waals surface area contributed by atoms with Crippen molar-refractivity contribution in [2.24, 2.45) is 11.8 Å². The van der Waals surface area contributed by atoms with Gasteiger partial charge in [0.1, 0.15) is 18.1 Å². The number of aromatic nitrogens is 3. The number of rotatable bonds is 10. The zero-order valence-electron chi connectivity index (χ0n) is 22.7. The molecule has 3 unspecified atom stereocenters. The number of aromatic amines is 2. The second kappa shape index (κ2) is 11.6. The Kier molecular flexibility index (Phi) is 8.22. The fourth-order valence-electron chi connectivity index (χ4n) is 4.81. The Balaban J connectivity index is 1.76. The van der Waals surface area contributed by atoms with Crippen LogP contribution in [0, 0.1) is 11.8 Å². The van der Waals surface area contributed by atoms with E-state index in [0.29, 0.717) is 11.1 Å². The summed E-state index contributed by atoms with van der Waals surface area (Å²) in [4.78, 5) is 71.3. The summed E-state index contributed by atoms with van der Waals surface area (Å²) >= 11 is 0. The number of nitrogens with zero attached hydrogens (tertiary/aromatic N) is 1. The largest absolute Gasteiger partial charge is 0.480 e. The summed E-state index contributed by atoms with van der Waals surface area (Å²) in [5.74, 6) is -3.41. The minimum Gasteiger partial charge on any atom is -0.480 e. The number of benzene rings is 2. The van der Waals surface area contributed by atoms with Crippen LogP contribution in [0.5, 0.6) is 0 Å². The molecule has 40 heavy (non-hydrogen) atoms. The minimum atomic E-state index is -1.31. The number of para-hydroxylation sites is 2. The van der Waals surface area contributed by atoms with Crippen LogP contribution in [0.25, 0.3) is 21.8 Å². The normalized spacial score (nSPS) is 13.8. The first-order chi connectivity index (χ1) is 19.0. The van der Waals surface area contributed by atoms with Crippen LogP contribution in [0.4, 0.5) is 0 Å². The SMILES string of the molecule is CC(C)C(NC(=O)C(NC(=O)C(Cc1c[nH]c2ccccc12)n1c(=O)[nH]c2ccccc2c1=O)C(C)C)C(=O)O. The van der Waals surface area contributed by atoms with E-state index in [2.05, 4.69) is 20.6 Å². The number of hydrogen-bond donors (Lipinski definition) is 5. The lowest BCUT2D eigenvalue weighted by atomic mass is 9.99. The maximum atomic E-state index is 13.9. The Morgan fingerprint density at radius 2 is 1.40 bits per heavy atom. The number of amides is 2. The Morgan fingerprint density at radius 3 is 2.02 bits per heavy atom. The average Bonchev–Trinajstić information content (AvgIpc) is 3.31. The van der Waals surface area contributed by atoms with Crippen LogP contribution >= 0.6 is 0 Å². The van der Waals surface area contributed by atoms with Gasteiger partial charge < -0.3 is 25.7 Å². The van der Waals surface area contributed by atoms with Gasteiger partial charge in [-0.15, -0.1) is 0 Å². The molecule has 0 aliphatic heterocycles. The fourth-order valence-corrected chi connectivity index (χ4v) is 4.81. The maximum Gasteiger partial charge on any atom is 0.329 e. The Labute approximate surface area is 229 Å². The minimum absolute atomic E-state index is 0.0205. The van der Waals surface area contributed by atoms with E-state index in [4.69, 9.17) is 0 Å². The molecule has 3 atom stereocenters. The summed E-state index contributed by atoms with van der Waals surface area (Å²) in [5.41, 5.74) is 0.458. The van der Waals surface area contributed by atoms with Crippen LogP contribution in [-0.2, 0) is 20.8 Å². The lowest BCUT2D eigenvalue weighted by Crippen LogP contribution is -2.56. The standard InChI is InChI=1S/C29H33N5O6/c1-15(2)23(26(36)33-24(16(3)4)28(38)39)32-25(35)22(13-17-14-30-20-11-7-5-9-18(17)20)34-27(37)19-10-6-8-12-21(19)31-29(34)40/h5-12,14-16,22-24,30H,13H2,1-4H3,(H,31,40)(H,32,35)(H,33,36)(H,38,39). The first kappa shape index (κ1) is 28.3. The van der Waals surface area contributed by atoms with Crippen LogP contribution < -0.4 is 21.9 Å². The quantitative estimate of drug-likeness (QED) is 0.204. The van der Waals surface area contributed by atoms with Crippen LogP contribution in [0.2, 0.25) is 0 Å². The molecule has 0 bridgehead atoms. The highest BCUT2D eigenvalue weighted by Crippen LogP contribution is 2.23. The van der Waals surface area contributed by atoms with Crippen molar-refractivity contribution in [3.8, 4) is 0 Å². The van der Waals surface area contributed by atoms with Crippen molar-refractivity contribution in [2.45, 2.75) is 52.2 Å². The van der Waals surface area contributed by atoms with E-state index >= 15 is 0 Å². The summed E-state index contributed by atoms with van der Waals surface area (Å²) in [7, 11) is 0. The van der Waals surface area contributed by atoms with Gasteiger partial charge >= 0.3 is 11.7 Å². The summed E-state index contributed by atoms with van der Waals surface area (Å²) in [6, 6.07) is 10.4. The molecule has 0 saturated heterocycles. The Hall–Kier alpha value is -4.67. The molecule has 0 spiro atoms. The van der Waals surface area contributed by atoms with Crippen LogP contribution in [0.3, 0.4) is 0 Å². The molecule has 2 amide bonds. The molecule has 210 valence electrons. The van der Waals surface area contributed by atoms with Gasteiger partial charge in [-0.05, 0) is 35.6 Å². The molecule has 0 fully saturated rings. The predicted molar refractivity (Wildman–Crippen MR) is 151 cm³/mol. The van der Waals surface area contributed by atoms with Crippen LogP contribution in [0.15, 0.2) is 64.3 Å². The highest BCUT2D eigenvalue weighted by atomic mass is 16.4. The van der Waals surface area contributed by atoms with E-state index in [1.807, 2.05) is 24.3 Å². The third-order valence-electron chi connectivity index (χ3n) is 7.02. The number of H-pyrrole nitrogens is 2. The van der Waals surface area contributed by atoms with Crippen molar-refractivity contribution in [2.75, 3.05) is 0 Å². The molecule has 4 rings (SSSR count). The van der Waals surface area contributed by atoms with E-state index in [0.717, 1.165) is 15.5 Å². The van der Waals surface area contributed by atoms with Gasteiger partial charge in [-0.2, -0.15) is 0 Å². The number of carbonyl (C=O) groups excluding carboxylic acids is 2. The number of nitrogens with one attached hydrogen (secondary N) is 4. The zero-order chi connectivity index (χ0) is 29.1. The molecular weight excluding hydrogens is 514 g/mol. The molecule has 2 heterocycles. The van der Waals surface area contributed by atoms with E-state index < -0.39 is 59.0 Å². The first-order valence-corrected chi connectivity index (χ1v) is 13.1. The van der Waals surface area contributed by atoms with Crippen molar-refractivity contribution in [3.63, 3.8) is 0 Å². The van der Waals surface area contributed by atoms with Crippen LogP contribution in [-0.4, -0.2) is 49.5 Å². The predicted octanol–water partition coefficient (Wildman–Crippen LogP) is 2.32. The van der Waals surface area contributed by atoms with E-state index in [1.54, 1.807) is 58.2 Å². The Morgan fingerprint density at radius 1 is 0.825 bits per heavy atom. The van der Waals surface area contributed by atoms with Gasteiger partial charge in [-0.25, -0.2) is 14.2 Å². The molecule has 0 aliphatic carbocycles. The van der Waals surface area contributed by atoms with Crippen molar-refractivity contribution in [1.82, 2.24) is 25.2 Å². The molecule has 2 aromatic carbocycles. The summed E-state index contributed by atoms with van der Waals surface area (Å²) < 4.78 is 0.878. The molecule has 5 N–H and O–H groups in total. The number of carbonyl (C=O) groups is 3. The molecule has 11 heteroatoms. The zero-order valence-corrected chi connectivity index (χ0v) is 22.7. The highest BCUT2D eigenvalue weighted by Gasteiger charge is 2.33. The van der Waals surface area contributed by atoms with E-state index in [1.165, 1.54) is 0 Å². The number of fused-ring (bicyclic) bond motifs is 2. The number of aliphatic carboxylic acids is 1. The molecule has 0 saturated carbocycles. The maximum absolute atomic E-state index is 13.9. The summed E-state index contributed by atoms with van der Waals surface area (Å²) in [6.45, 7) is 6.74. The Bertz CT molecular complexity index is 1680. The van der Waals surface area contributed by atoms with Crippen molar-refractivity contribution in [3.05, 3.63) is 81.1 Å². The fraction of sp³-hybridized carbons (Fsp3) is 0.345. The smallest absolute Gasteiger partial charge is 0.329 e. The summed E-state index contributed by atoms with van der Waals surface area (Å²) in [6.07, 6.45) is 1.70. The van der Waals surface area contributed by atoms with Gasteiger partial charge in [0.25, 0.3) is 5.56 Å². The highest BCUT2D eigenvalue weighted by molar-refractivity contribution is 5.92. The van der Waals surface area contributed by atoms with Crippen molar-refractivity contribution < 1.29 is 19.5 Å². The monoisotopic (exact) mass is 547 g/mol. The van der Waals surface area contributed by atoms with Gasteiger partial charge in [0.2, 0.25) is 11.8 Å². The average molecular weight is 548 g/mol. The lowest BCUT2D eigenvalue weighted by Gasteiger charge is -2.27. The van der Waals surface area contributed by atoms with Gasteiger partial charge in [0.15, 0.2) is 0 Å². The molecule has 0 aliphatic rings. The first-order valence-electron chi connectivity index (χ1n) is 13.1. The lowest BCUT2D eigenvalue weighted by molar-refractivity contribution is -0.143. The van der Waals surface area contributed by atoms with Gasteiger partial charge in [0, 0.05) is 23.5 Å². The van der Waals surface area contributed by atoms with E-state index in [-0.39, 0.29) is 11.8 Å². The van der Waals surface area contributed by atoms with Gasteiger partial charge in [-0.3, -0.25) is 14.4 Å². The third-order valence-corrected chi connectivity index (χ3v) is 7.02. The molecule has 2 aromatic heterocycles. The van der Waals surface area contributed by atoms with Crippen molar-refractivity contribution in [1.29, 1.82) is 0 Å². The second-order valence-corrected chi connectivity index (χ2v) is 10.5. The van der Waals surface area contributed by atoms with Gasteiger partial charge in [-0.1, -0.05) is 58.0 Å². The van der Waals surface area contributed by atoms with Crippen LogP contribution in [0.1, 0.15) is 39.3 Å². The molecule has 0 radical (unpaired) electrons. The third kappa shape index (κ3) is 5.68. The molecule has 11 nitrogen and oxygen atoms in total. The van der Waals surface area contributed by atoms with Crippen molar-refractivity contribution >= 4 is 39.6 Å².